The Hall–Kier alpha value is -4.44. The summed E-state index contributed by atoms with van der Waals surface area (Å²) < 4.78 is 3.08. The van der Waals surface area contributed by atoms with Gasteiger partial charge in [0.25, 0.3) is 0 Å². The number of pyridine rings is 2. The van der Waals surface area contributed by atoms with Crippen molar-refractivity contribution in [3.63, 3.8) is 0 Å². The van der Waals surface area contributed by atoms with Gasteiger partial charge in [-0.05, 0) is 48.0 Å². The zero-order chi connectivity index (χ0) is 20.7. The van der Waals surface area contributed by atoms with E-state index in [9.17, 15) is 10.1 Å². The van der Waals surface area contributed by atoms with Crippen molar-refractivity contribution in [2.24, 2.45) is 7.05 Å². The normalized spacial score (nSPS) is 10.9. The van der Waals surface area contributed by atoms with Crippen molar-refractivity contribution in [3.8, 4) is 34.3 Å². The summed E-state index contributed by atoms with van der Waals surface area (Å²) in [6, 6.07) is 17.0. The van der Waals surface area contributed by atoms with Crippen LogP contribution >= 0.6 is 0 Å². The van der Waals surface area contributed by atoms with E-state index in [4.69, 9.17) is 0 Å². The van der Waals surface area contributed by atoms with Crippen molar-refractivity contribution < 1.29 is 0 Å². The van der Waals surface area contributed by atoms with Gasteiger partial charge < -0.3 is 9.55 Å². The van der Waals surface area contributed by atoms with Crippen LogP contribution in [0.15, 0.2) is 78.1 Å². The molecule has 1 aromatic carbocycles. The van der Waals surface area contributed by atoms with Gasteiger partial charge in [-0.25, -0.2) is 9.78 Å². The van der Waals surface area contributed by atoms with Crippen LogP contribution < -0.4 is 5.69 Å². The van der Waals surface area contributed by atoms with E-state index in [1.54, 1.807) is 48.3 Å². The van der Waals surface area contributed by atoms with Gasteiger partial charge in [0.15, 0.2) is 0 Å². The number of fused-ring (bicyclic) bond motifs is 1. The number of benzene rings is 1. The molecule has 0 saturated carbocycles. The molecule has 4 heterocycles. The van der Waals surface area contributed by atoms with Gasteiger partial charge in [0.1, 0.15) is 5.65 Å². The second kappa shape index (κ2) is 6.87. The van der Waals surface area contributed by atoms with Crippen LogP contribution in [0.5, 0.6) is 0 Å². The third-order valence-electron chi connectivity index (χ3n) is 5.04. The number of aryl methyl sites for hydroxylation is 1. The van der Waals surface area contributed by atoms with Crippen molar-refractivity contribution in [1.29, 1.82) is 5.26 Å². The van der Waals surface area contributed by atoms with Crippen LogP contribution in [0.3, 0.4) is 0 Å². The standard InChI is InChI=1S/C23H16N6O/c1-28-14-21(29(23(28)30)19-4-2-3-15(9-19)12-24)20-11-16(5-7-25-20)18-10-17-6-8-26-22(17)27-13-18/h2-11,13-14H,1H3,(H,26,27). The molecule has 5 aromatic rings. The molecule has 0 atom stereocenters. The fourth-order valence-electron chi connectivity index (χ4n) is 3.55. The molecule has 0 saturated heterocycles. The Bertz CT molecular complexity index is 1500. The maximum atomic E-state index is 12.8. The molecule has 0 unspecified atom stereocenters. The lowest BCUT2D eigenvalue weighted by atomic mass is 10.1. The minimum atomic E-state index is -0.206. The van der Waals surface area contributed by atoms with E-state index in [0.717, 1.165) is 22.2 Å². The maximum absolute atomic E-state index is 12.8. The van der Waals surface area contributed by atoms with Crippen LogP contribution in [0.4, 0.5) is 0 Å². The van der Waals surface area contributed by atoms with Crippen LogP contribution in [-0.4, -0.2) is 24.1 Å². The van der Waals surface area contributed by atoms with Gasteiger partial charge in [0, 0.05) is 42.8 Å². The van der Waals surface area contributed by atoms with Gasteiger partial charge in [-0.1, -0.05) is 6.07 Å². The third kappa shape index (κ3) is 2.88. The van der Waals surface area contributed by atoms with E-state index in [0.29, 0.717) is 22.6 Å². The number of hydrogen-bond acceptors (Lipinski definition) is 4. The first kappa shape index (κ1) is 17.6. The molecule has 4 aromatic heterocycles. The predicted molar refractivity (Wildman–Crippen MR) is 114 cm³/mol. The molecule has 0 fully saturated rings. The van der Waals surface area contributed by atoms with E-state index in [1.165, 1.54) is 4.57 Å². The number of nitrogens with zero attached hydrogens (tertiary/aromatic N) is 5. The molecule has 0 aliphatic carbocycles. The summed E-state index contributed by atoms with van der Waals surface area (Å²) in [6.07, 6.45) is 7.14. The SMILES string of the molecule is Cn1cc(-c2cc(-c3cnc4[nH]ccc4c3)ccn2)n(-c2cccc(C#N)c2)c1=O. The maximum Gasteiger partial charge on any atom is 0.333 e. The van der Waals surface area contributed by atoms with Crippen molar-refractivity contribution >= 4 is 11.0 Å². The molecule has 0 aliphatic heterocycles. The lowest BCUT2D eigenvalue weighted by molar-refractivity contribution is 0.824. The highest BCUT2D eigenvalue weighted by Crippen LogP contribution is 2.27. The number of imidazole rings is 1. The number of nitriles is 1. The van der Waals surface area contributed by atoms with E-state index in [1.807, 2.05) is 30.6 Å². The second-order valence-corrected chi connectivity index (χ2v) is 6.97. The highest BCUT2D eigenvalue weighted by Gasteiger charge is 2.15. The number of H-pyrrole nitrogens is 1. The summed E-state index contributed by atoms with van der Waals surface area (Å²) in [7, 11) is 1.70. The Morgan fingerprint density at radius 3 is 2.83 bits per heavy atom. The van der Waals surface area contributed by atoms with Crippen LogP contribution in [0.2, 0.25) is 0 Å². The molecule has 0 aliphatic rings. The second-order valence-electron chi connectivity index (χ2n) is 6.97. The minimum Gasteiger partial charge on any atom is -0.346 e. The molecule has 0 amide bonds. The van der Waals surface area contributed by atoms with Gasteiger partial charge in [-0.15, -0.1) is 0 Å². The summed E-state index contributed by atoms with van der Waals surface area (Å²) in [5.41, 5.74) is 4.95. The van der Waals surface area contributed by atoms with Gasteiger partial charge >= 0.3 is 5.69 Å². The number of aromatic amines is 1. The van der Waals surface area contributed by atoms with Crippen LogP contribution in [0, 0.1) is 11.3 Å². The van der Waals surface area contributed by atoms with Gasteiger partial charge in [0.05, 0.1) is 28.7 Å². The summed E-state index contributed by atoms with van der Waals surface area (Å²) >= 11 is 0. The molecule has 30 heavy (non-hydrogen) atoms. The Kier molecular flexibility index (Phi) is 4.04. The first-order valence-electron chi connectivity index (χ1n) is 9.33. The molecular weight excluding hydrogens is 376 g/mol. The van der Waals surface area contributed by atoms with Crippen molar-refractivity contribution in [2.75, 3.05) is 0 Å². The zero-order valence-electron chi connectivity index (χ0n) is 16.1. The first-order valence-corrected chi connectivity index (χ1v) is 9.33. The van der Waals surface area contributed by atoms with Crippen molar-refractivity contribution in [1.82, 2.24) is 24.1 Å². The van der Waals surface area contributed by atoms with Crippen LogP contribution in [0.25, 0.3) is 39.2 Å². The number of nitrogens with one attached hydrogen (secondary N) is 1. The minimum absolute atomic E-state index is 0.206. The lowest BCUT2D eigenvalue weighted by Gasteiger charge is -2.09. The number of rotatable bonds is 3. The predicted octanol–water partition coefficient (Wildman–Crippen LogP) is 3.65. The summed E-state index contributed by atoms with van der Waals surface area (Å²) in [5, 5.41) is 10.3. The van der Waals surface area contributed by atoms with Gasteiger partial charge in [-0.3, -0.25) is 9.55 Å². The van der Waals surface area contributed by atoms with E-state index in [2.05, 4.69) is 27.1 Å². The van der Waals surface area contributed by atoms with E-state index < -0.39 is 0 Å². The topological polar surface area (TPSA) is 92.3 Å². The van der Waals surface area contributed by atoms with Crippen LogP contribution in [0.1, 0.15) is 5.56 Å². The Balaban J connectivity index is 1.66. The Morgan fingerprint density at radius 2 is 1.97 bits per heavy atom. The molecule has 0 bridgehead atoms. The highest BCUT2D eigenvalue weighted by molar-refractivity contribution is 5.82. The summed E-state index contributed by atoms with van der Waals surface area (Å²) in [6.45, 7) is 0. The van der Waals surface area contributed by atoms with Gasteiger partial charge in [0.2, 0.25) is 0 Å². The average Bonchev–Trinajstić information content (AvgIpc) is 3.37. The Morgan fingerprint density at radius 1 is 1.07 bits per heavy atom. The van der Waals surface area contributed by atoms with Gasteiger partial charge in [-0.2, -0.15) is 5.26 Å². The fourth-order valence-corrected chi connectivity index (χ4v) is 3.55. The quantitative estimate of drug-likeness (QED) is 0.507. The monoisotopic (exact) mass is 392 g/mol. The molecule has 0 spiro atoms. The molecule has 7 heteroatoms. The zero-order valence-corrected chi connectivity index (χ0v) is 16.1. The van der Waals surface area contributed by atoms with Crippen molar-refractivity contribution in [2.45, 2.75) is 0 Å². The Labute approximate surface area is 171 Å². The molecule has 5 rings (SSSR count). The van der Waals surface area contributed by atoms with Crippen molar-refractivity contribution in [3.05, 3.63) is 89.4 Å². The molecule has 144 valence electrons. The number of aromatic nitrogens is 5. The average molecular weight is 392 g/mol. The molecule has 7 nitrogen and oxygen atoms in total. The summed E-state index contributed by atoms with van der Waals surface area (Å²) in [4.78, 5) is 24.9. The van der Waals surface area contributed by atoms with E-state index >= 15 is 0 Å². The summed E-state index contributed by atoms with van der Waals surface area (Å²) in [5.74, 6) is 0. The smallest absolute Gasteiger partial charge is 0.333 e. The fraction of sp³-hybridized carbons (Fsp3) is 0.0435. The third-order valence-corrected chi connectivity index (χ3v) is 5.04. The van der Waals surface area contributed by atoms with Crippen LogP contribution in [-0.2, 0) is 7.05 Å². The molecular formula is C23H16N6O. The first-order chi connectivity index (χ1) is 14.6. The molecule has 0 radical (unpaired) electrons. The number of hydrogen-bond donors (Lipinski definition) is 1. The largest absolute Gasteiger partial charge is 0.346 e. The highest BCUT2D eigenvalue weighted by atomic mass is 16.1. The lowest BCUT2D eigenvalue weighted by Crippen LogP contribution is -2.21. The van der Waals surface area contributed by atoms with E-state index in [-0.39, 0.29) is 5.69 Å². The molecule has 1 N–H and O–H groups in total.